The molecule has 0 spiro atoms. The van der Waals surface area contributed by atoms with Crippen LogP contribution in [0.1, 0.15) is 29.9 Å². The van der Waals surface area contributed by atoms with Gasteiger partial charge in [0, 0.05) is 10.4 Å². The zero-order valence-corrected chi connectivity index (χ0v) is 9.78. The van der Waals surface area contributed by atoms with Crippen molar-refractivity contribution in [2.45, 2.75) is 25.7 Å². The van der Waals surface area contributed by atoms with Crippen LogP contribution in [0.15, 0.2) is 6.07 Å². The van der Waals surface area contributed by atoms with E-state index < -0.39 is 0 Å². The molecule has 0 saturated heterocycles. The third-order valence-corrected chi connectivity index (χ3v) is 3.62. The van der Waals surface area contributed by atoms with Gasteiger partial charge in [0.2, 0.25) is 0 Å². The van der Waals surface area contributed by atoms with E-state index in [0.29, 0.717) is 11.1 Å². The Labute approximate surface area is 97.6 Å². The molecule has 1 aromatic carbocycles. The van der Waals surface area contributed by atoms with Crippen molar-refractivity contribution in [1.29, 1.82) is 0 Å². The minimum absolute atomic E-state index is 0.612. The van der Waals surface area contributed by atoms with Crippen molar-refractivity contribution in [3.8, 4) is 0 Å². The SMILES string of the molecule is Cc1c(C2CC2)c(Cl)cc2n[nH]c(Cl)c12. The maximum absolute atomic E-state index is 6.26. The normalized spacial score (nSPS) is 16.2. The molecular weight excluding hydrogens is 231 g/mol. The Kier molecular flexibility index (Phi) is 1.98. The summed E-state index contributed by atoms with van der Waals surface area (Å²) in [5.74, 6) is 0.632. The average molecular weight is 241 g/mol. The predicted octanol–water partition coefficient (Wildman–Crippen LogP) is 4.06. The van der Waals surface area contributed by atoms with Crippen LogP contribution in [0.2, 0.25) is 10.2 Å². The number of aryl methyl sites for hydroxylation is 1. The number of benzene rings is 1. The lowest BCUT2D eigenvalue weighted by Crippen LogP contribution is -1.89. The minimum Gasteiger partial charge on any atom is -0.266 e. The number of aromatic amines is 1. The number of nitrogens with zero attached hydrogens (tertiary/aromatic N) is 1. The molecular formula is C11H10Cl2N2. The van der Waals surface area contributed by atoms with Gasteiger partial charge in [-0.2, -0.15) is 5.10 Å². The summed E-state index contributed by atoms with van der Waals surface area (Å²) in [6.07, 6.45) is 2.48. The predicted molar refractivity (Wildman–Crippen MR) is 62.8 cm³/mol. The summed E-state index contributed by atoms with van der Waals surface area (Å²) >= 11 is 12.3. The molecule has 1 aromatic heterocycles. The van der Waals surface area contributed by atoms with E-state index in [9.17, 15) is 0 Å². The molecule has 1 saturated carbocycles. The van der Waals surface area contributed by atoms with Gasteiger partial charge in [0.25, 0.3) is 0 Å². The van der Waals surface area contributed by atoms with Crippen molar-refractivity contribution in [3.05, 3.63) is 27.4 Å². The molecule has 1 aliphatic carbocycles. The highest BCUT2D eigenvalue weighted by Gasteiger charge is 2.29. The van der Waals surface area contributed by atoms with Crippen molar-refractivity contribution < 1.29 is 0 Å². The highest BCUT2D eigenvalue weighted by Crippen LogP contribution is 2.47. The number of hydrogen-bond acceptors (Lipinski definition) is 1. The molecule has 0 aliphatic heterocycles. The molecule has 2 nitrogen and oxygen atoms in total. The van der Waals surface area contributed by atoms with Crippen molar-refractivity contribution in [3.63, 3.8) is 0 Å². The van der Waals surface area contributed by atoms with Gasteiger partial charge in [-0.05, 0) is 42.9 Å². The van der Waals surface area contributed by atoms with Gasteiger partial charge in [0.1, 0.15) is 5.15 Å². The summed E-state index contributed by atoms with van der Waals surface area (Å²) < 4.78 is 0. The fourth-order valence-electron chi connectivity index (χ4n) is 2.18. The zero-order chi connectivity index (χ0) is 10.6. The average Bonchev–Trinajstić information content (AvgIpc) is 2.92. The summed E-state index contributed by atoms with van der Waals surface area (Å²) in [7, 11) is 0. The number of nitrogens with one attached hydrogen (secondary N) is 1. The number of fused-ring (bicyclic) bond motifs is 1. The van der Waals surface area contributed by atoms with E-state index in [1.165, 1.54) is 24.0 Å². The molecule has 0 amide bonds. The molecule has 0 radical (unpaired) electrons. The fourth-order valence-corrected chi connectivity index (χ4v) is 2.86. The Hall–Kier alpha value is -0.730. The minimum atomic E-state index is 0.612. The van der Waals surface area contributed by atoms with Crippen LogP contribution in [0, 0.1) is 6.92 Å². The van der Waals surface area contributed by atoms with Gasteiger partial charge in [-0.1, -0.05) is 23.2 Å². The highest BCUT2D eigenvalue weighted by molar-refractivity contribution is 6.36. The van der Waals surface area contributed by atoms with Crippen molar-refractivity contribution in [2.24, 2.45) is 0 Å². The molecule has 4 heteroatoms. The molecule has 0 bridgehead atoms. The standard InChI is InChI=1S/C11H10Cl2N2/c1-5-9(6-2-3-6)7(12)4-8-10(5)11(13)15-14-8/h4,6H,2-3H2,1H3,(H,14,15). The Balaban J connectivity index is 2.38. The van der Waals surface area contributed by atoms with Crippen molar-refractivity contribution in [1.82, 2.24) is 10.2 Å². The second-order valence-corrected chi connectivity index (χ2v) is 4.89. The Bertz CT molecular complexity index is 541. The summed E-state index contributed by atoms with van der Waals surface area (Å²) in [6.45, 7) is 2.07. The van der Waals surface area contributed by atoms with Gasteiger partial charge in [0.05, 0.1) is 5.52 Å². The third kappa shape index (κ3) is 1.35. The van der Waals surface area contributed by atoms with E-state index in [1.54, 1.807) is 0 Å². The smallest absolute Gasteiger partial charge is 0.132 e. The number of aromatic nitrogens is 2. The Morgan fingerprint density at radius 1 is 1.40 bits per heavy atom. The first-order valence-corrected chi connectivity index (χ1v) is 5.76. The van der Waals surface area contributed by atoms with Crippen LogP contribution in [-0.4, -0.2) is 10.2 Å². The van der Waals surface area contributed by atoms with E-state index >= 15 is 0 Å². The van der Waals surface area contributed by atoms with E-state index in [0.717, 1.165) is 15.9 Å². The monoisotopic (exact) mass is 240 g/mol. The lowest BCUT2D eigenvalue weighted by molar-refractivity contribution is 1.11. The maximum atomic E-state index is 6.26. The first-order valence-electron chi connectivity index (χ1n) is 5.01. The van der Waals surface area contributed by atoms with E-state index in [-0.39, 0.29) is 0 Å². The number of hydrogen-bond donors (Lipinski definition) is 1. The molecule has 0 unspecified atom stereocenters. The first-order chi connectivity index (χ1) is 7.18. The lowest BCUT2D eigenvalue weighted by atomic mass is 10.0. The molecule has 1 fully saturated rings. The Morgan fingerprint density at radius 3 is 2.80 bits per heavy atom. The number of halogens is 2. The zero-order valence-electron chi connectivity index (χ0n) is 8.27. The lowest BCUT2D eigenvalue weighted by Gasteiger charge is -2.07. The molecule has 78 valence electrons. The van der Waals surface area contributed by atoms with Crippen LogP contribution in [0.25, 0.3) is 10.9 Å². The second kappa shape index (κ2) is 3.13. The van der Waals surface area contributed by atoms with Crippen LogP contribution in [-0.2, 0) is 0 Å². The van der Waals surface area contributed by atoms with E-state index in [2.05, 4.69) is 17.1 Å². The Morgan fingerprint density at radius 2 is 2.13 bits per heavy atom. The molecule has 2 aromatic rings. The van der Waals surface area contributed by atoms with E-state index in [4.69, 9.17) is 23.2 Å². The van der Waals surface area contributed by atoms with Crippen LogP contribution in [0.5, 0.6) is 0 Å². The third-order valence-electron chi connectivity index (χ3n) is 3.04. The molecule has 1 heterocycles. The fraction of sp³-hybridized carbons (Fsp3) is 0.364. The largest absolute Gasteiger partial charge is 0.266 e. The summed E-state index contributed by atoms with van der Waals surface area (Å²) in [5, 5.41) is 9.36. The van der Waals surface area contributed by atoms with Crippen LogP contribution < -0.4 is 0 Å². The summed E-state index contributed by atoms with van der Waals surface area (Å²) in [4.78, 5) is 0. The van der Waals surface area contributed by atoms with Crippen LogP contribution in [0.3, 0.4) is 0 Å². The molecule has 3 rings (SSSR count). The summed E-state index contributed by atoms with van der Waals surface area (Å²) in [5.41, 5.74) is 3.29. The molecule has 0 atom stereocenters. The maximum Gasteiger partial charge on any atom is 0.132 e. The quantitative estimate of drug-likeness (QED) is 0.801. The van der Waals surface area contributed by atoms with E-state index in [1.807, 2.05) is 6.07 Å². The first kappa shape index (κ1) is 9.49. The second-order valence-electron chi connectivity index (χ2n) is 4.10. The van der Waals surface area contributed by atoms with Gasteiger partial charge < -0.3 is 0 Å². The topological polar surface area (TPSA) is 28.7 Å². The van der Waals surface area contributed by atoms with Crippen LogP contribution in [0.4, 0.5) is 0 Å². The molecule has 15 heavy (non-hydrogen) atoms. The van der Waals surface area contributed by atoms with Gasteiger partial charge >= 0.3 is 0 Å². The van der Waals surface area contributed by atoms with Gasteiger partial charge in [0.15, 0.2) is 0 Å². The van der Waals surface area contributed by atoms with Crippen molar-refractivity contribution in [2.75, 3.05) is 0 Å². The number of H-pyrrole nitrogens is 1. The van der Waals surface area contributed by atoms with Crippen LogP contribution >= 0.6 is 23.2 Å². The van der Waals surface area contributed by atoms with Gasteiger partial charge in [-0.25, -0.2) is 0 Å². The molecule has 1 N–H and O–H groups in total. The number of rotatable bonds is 1. The summed E-state index contributed by atoms with van der Waals surface area (Å²) in [6, 6.07) is 1.90. The highest BCUT2D eigenvalue weighted by atomic mass is 35.5. The molecule has 1 aliphatic rings. The van der Waals surface area contributed by atoms with Gasteiger partial charge in [-0.3, -0.25) is 5.10 Å². The van der Waals surface area contributed by atoms with Gasteiger partial charge in [-0.15, -0.1) is 0 Å². The van der Waals surface area contributed by atoms with Crippen molar-refractivity contribution >= 4 is 34.1 Å².